The van der Waals surface area contributed by atoms with E-state index in [1.54, 1.807) is 20.8 Å². The number of unbranched alkanes of at least 4 members (excludes halogenated alkanes) is 1. The lowest BCUT2D eigenvalue weighted by atomic mass is 9.98. The molecule has 3 aromatic rings. The Balaban J connectivity index is 1.13. The van der Waals surface area contributed by atoms with Crippen molar-refractivity contribution in [1.29, 1.82) is 0 Å². The number of hydrogen-bond acceptors (Lipinski definition) is 7. The van der Waals surface area contributed by atoms with Crippen molar-refractivity contribution in [1.82, 2.24) is 10.6 Å². The second kappa shape index (κ2) is 19.3. The van der Waals surface area contributed by atoms with Gasteiger partial charge in [-0.3, -0.25) is 0 Å². The molecule has 0 bridgehead atoms. The molecule has 0 radical (unpaired) electrons. The minimum atomic E-state index is -0.923. The van der Waals surface area contributed by atoms with Crippen molar-refractivity contribution in [2.24, 2.45) is 5.92 Å². The summed E-state index contributed by atoms with van der Waals surface area (Å²) in [5.41, 5.74) is 4.72. The summed E-state index contributed by atoms with van der Waals surface area (Å²) in [5.74, 6) is 0.752. The fourth-order valence-corrected chi connectivity index (χ4v) is 7.04. The van der Waals surface area contributed by atoms with Gasteiger partial charge in [-0.15, -0.1) is 0 Å². The van der Waals surface area contributed by atoms with Gasteiger partial charge in [0.1, 0.15) is 30.6 Å². The van der Waals surface area contributed by atoms with Crippen molar-refractivity contribution >= 4 is 18.2 Å². The first-order valence-corrected chi connectivity index (χ1v) is 19.1. The molecule has 0 unspecified atom stereocenters. The van der Waals surface area contributed by atoms with Crippen LogP contribution in [0.1, 0.15) is 114 Å². The summed E-state index contributed by atoms with van der Waals surface area (Å²) in [6, 6.07) is 23.0. The highest BCUT2D eigenvalue weighted by Gasteiger charge is 2.30. The van der Waals surface area contributed by atoms with Crippen LogP contribution in [0.3, 0.4) is 0 Å². The third-order valence-corrected chi connectivity index (χ3v) is 9.77. The number of fused-ring (bicyclic) bond motifs is 3. The van der Waals surface area contributed by atoms with Crippen LogP contribution in [0.2, 0.25) is 0 Å². The highest BCUT2D eigenvalue weighted by Crippen LogP contribution is 2.44. The van der Waals surface area contributed by atoms with Gasteiger partial charge in [-0.2, -0.15) is 0 Å². The Hall–Kier alpha value is -4.53. The molecule has 1 saturated carbocycles. The Morgan fingerprint density at radius 2 is 1.35 bits per heavy atom. The molecule has 2 aliphatic carbocycles. The fraction of sp³-hybridized carbons (Fsp3) is 0.512. The molecule has 9 heteroatoms. The molecule has 3 aromatic carbocycles. The molecule has 0 saturated heterocycles. The molecular formula is C43H56N2O7. The van der Waals surface area contributed by atoms with E-state index < -0.39 is 29.8 Å². The number of esters is 1. The molecule has 9 nitrogen and oxygen atoms in total. The summed E-state index contributed by atoms with van der Waals surface area (Å²) in [5, 5.41) is 5.49. The van der Waals surface area contributed by atoms with Crippen molar-refractivity contribution in [3.63, 3.8) is 0 Å². The quantitative estimate of drug-likeness (QED) is 0.0973. The van der Waals surface area contributed by atoms with Crippen LogP contribution in [0.4, 0.5) is 9.59 Å². The highest BCUT2D eigenvalue weighted by molar-refractivity contribution is 5.82. The van der Waals surface area contributed by atoms with E-state index in [4.69, 9.17) is 18.9 Å². The second-order valence-corrected chi connectivity index (χ2v) is 15.1. The van der Waals surface area contributed by atoms with E-state index in [0.717, 1.165) is 40.2 Å². The minimum Gasteiger partial charge on any atom is -0.493 e. The number of rotatable bonds is 14. The zero-order valence-corrected chi connectivity index (χ0v) is 31.1. The maximum Gasteiger partial charge on any atom is 0.407 e. The third kappa shape index (κ3) is 12.0. The molecule has 1 atom stereocenters. The van der Waals surface area contributed by atoms with Crippen molar-refractivity contribution in [2.45, 2.75) is 116 Å². The zero-order chi connectivity index (χ0) is 36.8. The number of alkyl carbamates (subject to hydrolysis) is 2. The molecule has 0 heterocycles. The molecule has 1 fully saturated rings. The fourth-order valence-electron chi connectivity index (χ4n) is 7.04. The lowest BCUT2D eigenvalue weighted by Gasteiger charge is -2.20. The van der Waals surface area contributed by atoms with Crippen molar-refractivity contribution < 1.29 is 33.3 Å². The maximum absolute atomic E-state index is 13.4. The second-order valence-electron chi connectivity index (χ2n) is 15.1. The maximum atomic E-state index is 13.4. The molecule has 2 amide bonds. The first kappa shape index (κ1) is 38.7. The minimum absolute atomic E-state index is 0.0603. The van der Waals surface area contributed by atoms with Crippen LogP contribution in [0.5, 0.6) is 5.75 Å². The SMILES string of the molecule is CC(C)(C)OC(=O)NCCCC[C@H](NC(=O)OCC1c2ccccc2-c2ccccc21)C(=O)OCc1ccc(OCC2CCCCCCCC2)cc1. The zero-order valence-electron chi connectivity index (χ0n) is 31.1. The molecular weight excluding hydrogens is 656 g/mol. The van der Waals surface area contributed by atoms with Crippen LogP contribution in [-0.2, 0) is 25.6 Å². The highest BCUT2D eigenvalue weighted by atomic mass is 16.6. The van der Waals surface area contributed by atoms with E-state index in [1.165, 1.54) is 51.4 Å². The topological polar surface area (TPSA) is 112 Å². The Morgan fingerprint density at radius 1 is 0.731 bits per heavy atom. The molecule has 52 heavy (non-hydrogen) atoms. The van der Waals surface area contributed by atoms with Gasteiger partial charge in [0.15, 0.2) is 0 Å². The van der Waals surface area contributed by atoms with Crippen LogP contribution < -0.4 is 15.4 Å². The molecule has 0 aliphatic heterocycles. The van der Waals surface area contributed by atoms with Crippen LogP contribution in [0.25, 0.3) is 11.1 Å². The molecule has 2 aliphatic rings. The van der Waals surface area contributed by atoms with Crippen molar-refractivity contribution in [3.05, 3.63) is 89.5 Å². The summed E-state index contributed by atoms with van der Waals surface area (Å²) >= 11 is 0. The van der Waals surface area contributed by atoms with Gasteiger partial charge in [0.25, 0.3) is 0 Å². The summed E-state index contributed by atoms with van der Waals surface area (Å²) in [7, 11) is 0. The van der Waals surface area contributed by atoms with Gasteiger partial charge in [0.05, 0.1) is 6.61 Å². The van der Waals surface area contributed by atoms with Gasteiger partial charge in [0, 0.05) is 12.5 Å². The van der Waals surface area contributed by atoms with Crippen LogP contribution in [0.15, 0.2) is 72.8 Å². The van der Waals surface area contributed by atoms with Crippen LogP contribution in [0, 0.1) is 5.92 Å². The van der Waals surface area contributed by atoms with E-state index in [2.05, 4.69) is 34.9 Å². The Kier molecular flexibility index (Phi) is 14.4. The van der Waals surface area contributed by atoms with Crippen LogP contribution >= 0.6 is 0 Å². The van der Waals surface area contributed by atoms with Gasteiger partial charge in [-0.05, 0) is 98.7 Å². The lowest BCUT2D eigenvalue weighted by Crippen LogP contribution is -2.42. The van der Waals surface area contributed by atoms with Gasteiger partial charge in [0.2, 0.25) is 0 Å². The molecule has 0 aromatic heterocycles. The number of ether oxygens (including phenoxy) is 4. The summed E-state index contributed by atoms with van der Waals surface area (Å²) in [4.78, 5) is 38.6. The largest absolute Gasteiger partial charge is 0.493 e. The smallest absolute Gasteiger partial charge is 0.407 e. The van der Waals surface area contributed by atoms with Gasteiger partial charge in [-0.1, -0.05) is 99.2 Å². The van der Waals surface area contributed by atoms with E-state index in [0.29, 0.717) is 31.7 Å². The molecule has 280 valence electrons. The van der Waals surface area contributed by atoms with E-state index in [1.807, 2.05) is 48.5 Å². The van der Waals surface area contributed by atoms with Crippen molar-refractivity contribution in [2.75, 3.05) is 19.8 Å². The number of carbonyl (C=O) groups is 3. The van der Waals surface area contributed by atoms with Gasteiger partial charge >= 0.3 is 18.2 Å². The Bertz CT molecular complexity index is 1540. The number of nitrogens with one attached hydrogen (secondary N) is 2. The Morgan fingerprint density at radius 3 is 1.98 bits per heavy atom. The molecule has 0 spiro atoms. The van der Waals surface area contributed by atoms with Crippen LogP contribution in [-0.4, -0.2) is 49.6 Å². The van der Waals surface area contributed by atoms with Gasteiger partial charge < -0.3 is 29.6 Å². The summed E-state index contributed by atoms with van der Waals surface area (Å²) in [6.07, 6.45) is 10.6. The predicted octanol–water partition coefficient (Wildman–Crippen LogP) is 9.46. The molecule has 2 N–H and O–H groups in total. The lowest BCUT2D eigenvalue weighted by molar-refractivity contribution is -0.147. The first-order chi connectivity index (χ1) is 25.2. The first-order valence-electron chi connectivity index (χ1n) is 19.1. The standard InChI is InChI=1S/C43H56N2O7/c1-43(2,3)52-41(47)44-27-15-14-22-39(45-42(48)51-30-38-36-20-12-10-18-34(36)35-19-11-13-21-37(35)38)40(46)50-29-32-23-25-33(26-24-32)49-28-31-16-8-6-4-5-7-9-17-31/h10-13,18-21,23-26,31,38-39H,4-9,14-17,22,27-30H2,1-3H3,(H,44,47)(H,45,48)/t39-/m0/s1. The average molecular weight is 713 g/mol. The third-order valence-electron chi connectivity index (χ3n) is 9.77. The Labute approximate surface area is 309 Å². The monoisotopic (exact) mass is 712 g/mol. The number of hydrogen-bond donors (Lipinski definition) is 2. The summed E-state index contributed by atoms with van der Waals surface area (Å²) in [6.45, 7) is 6.71. The predicted molar refractivity (Wildman–Crippen MR) is 202 cm³/mol. The van der Waals surface area contributed by atoms with E-state index >= 15 is 0 Å². The van der Waals surface area contributed by atoms with E-state index in [9.17, 15) is 14.4 Å². The number of carbonyl (C=O) groups excluding carboxylic acids is 3. The van der Waals surface area contributed by atoms with E-state index in [-0.39, 0.29) is 19.1 Å². The summed E-state index contributed by atoms with van der Waals surface area (Å²) < 4.78 is 22.9. The molecule has 5 rings (SSSR count). The van der Waals surface area contributed by atoms with Crippen molar-refractivity contribution in [3.8, 4) is 16.9 Å². The number of amides is 2. The average Bonchev–Trinajstić information content (AvgIpc) is 3.51. The number of benzene rings is 3. The normalized spacial score (nSPS) is 15.5. The van der Waals surface area contributed by atoms with Gasteiger partial charge in [-0.25, -0.2) is 14.4 Å².